The van der Waals surface area contributed by atoms with Crippen molar-refractivity contribution < 1.29 is 18.0 Å². The number of carbonyl (C=O) groups is 2. The molecule has 1 N–H and O–H groups in total. The molecule has 1 unspecified atom stereocenters. The number of anilines is 1. The number of amides is 2. The quantitative estimate of drug-likeness (QED) is 0.386. The Morgan fingerprint density at radius 3 is 2.35 bits per heavy atom. The molecule has 0 aliphatic carbocycles. The second-order valence-corrected chi connectivity index (χ2v) is 11.8. The van der Waals surface area contributed by atoms with Crippen molar-refractivity contribution in [3.8, 4) is 0 Å². The van der Waals surface area contributed by atoms with Crippen LogP contribution in [0.15, 0.2) is 65.6 Å². The van der Waals surface area contributed by atoms with E-state index in [1.807, 2.05) is 51.1 Å². The Kier molecular flexibility index (Phi) is 8.09. The lowest BCUT2D eigenvalue weighted by Crippen LogP contribution is -2.50. The molecule has 1 heterocycles. The monoisotopic (exact) mass is 541 g/mol. The molecule has 0 radical (unpaired) electrons. The predicted molar refractivity (Wildman–Crippen MR) is 147 cm³/mol. The van der Waals surface area contributed by atoms with Crippen LogP contribution in [0.3, 0.4) is 0 Å². The van der Waals surface area contributed by atoms with Crippen LogP contribution in [-0.2, 0) is 26.2 Å². The smallest absolute Gasteiger partial charge is 0.265 e. The molecule has 9 heteroatoms. The van der Waals surface area contributed by atoms with Crippen molar-refractivity contribution in [2.45, 2.75) is 63.6 Å². The van der Waals surface area contributed by atoms with Gasteiger partial charge in [-0.3, -0.25) is 13.9 Å². The number of rotatable bonds is 10. The van der Waals surface area contributed by atoms with Crippen molar-refractivity contribution in [3.05, 3.63) is 71.2 Å². The molecule has 2 amide bonds. The summed E-state index contributed by atoms with van der Waals surface area (Å²) >= 11 is 6.03. The number of hydrogen-bond donors (Lipinski definition) is 1. The van der Waals surface area contributed by atoms with Crippen LogP contribution in [0.2, 0.25) is 5.02 Å². The third-order valence-corrected chi connectivity index (χ3v) is 8.62. The van der Waals surface area contributed by atoms with E-state index in [1.165, 1.54) is 4.31 Å². The highest BCUT2D eigenvalue weighted by Gasteiger charge is 2.35. The number of hydrogen-bond acceptors (Lipinski definition) is 4. The van der Waals surface area contributed by atoms with Gasteiger partial charge in [-0.05, 0) is 61.9 Å². The molecule has 3 aromatic rings. The van der Waals surface area contributed by atoms with E-state index in [-0.39, 0.29) is 37.4 Å². The number of nitrogens with one attached hydrogen (secondary N) is 1. The number of carbonyl (C=O) groups excluding carboxylic acids is 2. The first-order chi connectivity index (χ1) is 17.6. The number of nitrogens with zero attached hydrogens (tertiary/aromatic N) is 2. The first-order valence-corrected chi connectivity index (χ1v) is 14.3. The third kappa shape index (κ3) is 5.60. The topological polar surface area (TPSA) is 86.8 Å². The van der Waals surface area contributed by atoms with Crippen LogP contribution in [0.25, 0.3) is 10.8 Å². The Balaban J connectivity index is 1.52. The molecule has 3 aromatic carbocycles. The largest absolute Gasteiger partial charge is 0.352 e. The number of halogens is 1. The van der Waals surface area contributed by atoms with Crippen molar-refractivity contribution in [2.24, 2.45) is 0 Å². The Hall–Kier alpha value is -3.10. The van der Waals surface area contributed by atoms with Gasteiger partial charge < -0.3 is 10.2 Å². The van der Waals surface area contributed by atoms with E-state index in [0.29, 0.717) is 28.4 Å². The third-order valence-electron chi connectivity index (χ3n) is 6.52. The lowest BCUT2D eigenvalue weighted by Gasteiger charge is -2.31. The van der Waals surface area contributed by atoms with Crippen LogP contribution >= 0.6 is 11.6 Å². The SMILES string of the molecule is CCC(C(=O)NC(C)C)N(Cc1ccc(Cl)cc1)C(=O)CCCN1c2cccc3cccc(c23)S1(=O)=O. The Bertz CT molecular complexity index is 1400. The molecule has 37 heavy (non-hydrogen) atoms. The fourth-order valence-electron chi connectivity index (χ4n) is 4.80. The Morgan fingerprint density at radius 2 is 1.70 bits per heavy atom. The molecule has 0 aromatic heterocycles. The second-order valence-electron chi connectivity index (χ2n) is 9.55. The predicted octanol–water partition coefficient (Wildman–Crippen LogP) is 5.11. The summed E-state index contributed by atoms with van der Waals surface area (Å²) in [5.41, 5.74) is 1.50. The molecule has 1 aliphatic heterocycles. The van der Waals surface area contributed by atoms with Gasteiger partial charge in [-0.2, -0.15) is 0 Å². The van der Waals surface area contributed by atoms with E-state index in [0.717, 1.165) is 16.3 Å². The van der Waals surface area contributed by atoms with Crippen molar-refractivity contribution in [3.63, 3.8) is 0 Å². The average molecular weight is 542 g/mol. The van der Waals surface area contributed by atoms with E-state index >= 15 is 0 Å². The zero-order valence-corrected chi connectivity index (χ0v) is 22.8. The van der Waals surface area contributed by atoms with Crippen molar-refractivity contribution >= 4 is 49.9 Å². The van der Waals surface area contributed by atoms with Gasteiger partial charge in [-0.1, -0.05) is 54.9 Å². The summed E-state index contributed by atoms with van der Waals surface area (Å²) in [7, 11) is -3.69. The van der Waals surface area contributed by atoms with Gasteiger partial charge in [0.1, 0.15) is 6.04 Å². The summed E-state index contributed by atoms with van der Waals surface area (Å²) < 4.78 is 27.9. The van der Waals surface area contributed by atoms with Crippen LogP contribution in [0, 0.1) is 0 Å². The minimum atomic E-state index is -3.69. The average Bonchev–Trinajstić information content (AvgIpc) is 3.07. The molecule has 0 saturated heterocycles. The first-order valence-electron chi connectivity index (χ1n) is 12.5. The summed E-state index contributed by atoms with van der Waals surface area (Å²) in [6, 6.07) is 17.3. The van der Waals surface area contributed by atoms with Crippen LogP contribution in [-0.4, -0.2) is 43.8 Å². The highest BCUT2D eigenvalue weighted by atomic mass is 35.5. The minimum absolute atomic E-state index is 0.0567. The molecule has 4 rings (SSSR count). The van der Waals surface area contributed by atoms with Gasteiger partial charge in [0.2, 0.25) is 11.8 Å². The maximum atomic E-state index is 13.5. The van der Waals surface area contributed by atoms with Gasteiger partial charge >= 0.3 is 0 Å². The summed E-state index contributed by atoms with van der Waals surface area (Å²) in [5, 5.41) is 5.10. The lowest BCUT2D eigenvalue weighted by molar-refractivity contribution is -0.141. The van der Waals surface area contributed by atoms with Gasteiger partial charge in [0, 0.05) is 36.0 Å². The highest BCUT2D eigenvalue weighted by Crippen LogP contribution is 2.42. The second kappa shape index (κ2) is 11.1. The van der Waals surface area contributed by atoms with Crippen LogP contribution in [0.4, 0.5) is 5.69 Å². The van der Waals surface area contributed by atoms with Gasteiger partial charge in [-0.15, -0.1) is 0 Å². The van der Waals surface area contributed by atoms with E-state index in [1.54, 1.807) is 35.2 Å². The molecule has 1 atom stereocenters. The summed E-state index contributed by atoms with van der Waals surface area (Å²) in [6.45, 7) is 6.07. The maximum absolute atomic E-state index is 13.5. The molecule has 196 valence electrons. The normalized spacial score (nSPS) is 14.7. The molecular formula is C28H32ClN3O4S. The Morgan fingerprint density at radius 1 is 1.03 bits per heavy atom. The van der Waals surface area contributed by atoms with Gasteiger partial charge in [0.25, 0.3) is 10.0 Å². The van der Waals surface area contributed by atoms with Crippen LogP contribution in [0.1, 0.15) is 45.6 Å². The van der Waals surface area contributed by atoms with Crippen molar-refractivity contribution in [1.82, 2.24) is 10.2 Å². The molecular weight excluding hydrogens is 510 g/mol. The lowest BCUT2D eigenvalue weighted by atomic mass is 10.1. The zero-order valence-electron chi connectivity index (χ0n) is 21.3. The molecule has 0 bridgehead atoms. The Labute approximate surface area is 223 Å². The van der Waals surface area contributed by atoms with E-state index in [4.69, 9.17) is 11.6 Å². The van der Waals surface area contributed by atoms with Crippen LogP contribution in [0.5, 0.6) is 0 Å². The standard InChI is InChI=1S/C28H32ClN3O4S/c1-4-23(28(34)30-19(2)3)31(18-20-13-15-22(29)16-14-20)26(33)12-7-17-32-24-10-5-8-21-9-6-11-25(27(21)24)37(32,35)36/h5-6,8-11,13-16,19,23H,4,7,12,17-18H2,1-3H3,(H,30,34). The van der Waals surface area contributed by atoms with Crippen LogP contribution < -0.4 is 9.62 Å². The number of sulfonamides is 1. The van der Waals surface area contributed by atoms with E-state index in [2.05, 4.69) is 5.32 Å². The van der Waals surface area contributed by atoms with E-state index < -0.39 is 16.1 Å². The fourth-order valence-corrected chi connectivity index (χ4v) is 6.68. The van der Waals surface area contributed by atoms with E-state index in [9.17, 15) is 18.0 Å². The van der Waals surface area contributed by atoms with Gasteiger partial charge in [0.15, 0.2) is 0 Å². The van der Waals surface area contributed by atoms with Gasteiger partial charge in [-0.25, -0.2) is 8.42 Å². The molecule has 0 saturated carbocycles. The maximum Gasteiger partial charge on any atom is 0.265 e. The zero-order chi connectivity index (χ0) is 26.7. The fraction of sp³-hybridized carbons (Fsp3) is 0.357. The highest BCUT2D eigenvalue weighted by molar-refractivity contribution is 7.93. The van der Waals surface area contributed by atoms with Crippen molar-refractivity contribution in [2.75, 3.05) is 10.8 Å². The van der Waals surface area contributed by atoms with Crippen molar-refractivity contribution in [1.29, 1.82) is 0 Å². The van der Waals surface area contributed by atoms with Gasteiger partial charge in [0.05, 0.1) is 10.6 Å². The summed E-state index contributed by atoms with van der Waals surface area (Å²) in [6.07, 6.45) is 0.884. The summed E-state index contributed by atoms with van der Waals surface area (Å²) in [5.74, 6) is -0.405. The number of benzene rings is 3. The summed E-state index contributed by atoms with van der Waals surface area (Å²) in [4.78, 5) is 28.4. The molecule has 0 spiro atoms. The molecule has 1 aliphatic rings. The first kappa shape index (κ1) is 26.9. The minimum Gasteiger partial charge on any atom is -0.352 e. The molecule has 7 nitrogen and oxygen atoms in total. The molecule has 0 fully saturated rings.